The van der Waals surface area contributed by atoms with E-state index in [-0.39, 0.29) is 13.1 Å². The number of carboxylic acids is 1. The first-order valence-corrected chi connectivity index (χ1v) is 5.45. The number of aliphatic hydroxyl groups excluding tert-OH is 1. The Balaban J connectivity index is 2.73. The lowest BCUT2D eigenvalue weighted by atomic mass is 9.87. The fourth-order valence-corrected chi connectivity index (χ4v) is 1.65. The molecule has 1 aliphatic heterocycles. The van der Waals surface area contributed by atoms with E-state index in [0.717, 1.165) is 0 Å². The summed E-state index contributed by atoms with van der Waals surface area (Å²) in [4.78, 5) is 24.0. The zero-order valence-electron chi connectivity index (χ0n) is 10.6. The number of hydrogen-bond acceptors (Lipinski definition) is 4. The minimum Gasteiger partial charge on any atom is -0.481 e. The van der Waals surface area contributed by atoms with Crippen molar-refractivity contribution in [2.75, 3.05) is 13.1 Å². The number of amides is 1. The molecule has 1 rings (SSSR count). The number of carbonyl (C=O) groups excluding carboxylic acids is 1. The van der Waals surface area contributed by atoms with E-state index in [4.69, 9.17) is 9.84 Å². The maximum atomic E-state index is 11.7. The predicted octanol–water partition coefficient (Wildman–Crippen LogP) is 0.689. The molecule has 0 radical (unpaired) electrons. The van der Waals surface area contributed by atoms with Gasteiger partial charge in [0, 0.05) is 6.54 Å². The maximum Gasteiger partial charge on any atom is 0.410 e. The highest BCUT2D eigenvalue weighted by Crippen LogP contribution is 2.31. The molecule has 1 fully saturated rings. The van der Waals surface area contributed by atoms with E-state index in [1.54, 1.807) is 20.8 Å². The Hall–Kier alpha value is -1.30. The van der Waals surface area contributed by atoms with Gasteiger partial charge < -0.3 is 19.8 Å². The number of rotatable bonds is 1. The van der Waals surface area contributed by atoms with E-state index >= 15 is 0 Å². The normalized spacial score (nSPS) is 29.2. The average molecular weight is 245 g/mol. The molecule has 0 aromatic heterocycles. The molecule has 1 heterocycles. The fourth-order valence-electron chi connectivity index (χ4n) is 1.65. The van der Waals surface area contributed by atoms with Crippen LogP contribution in [0.25, 0.3) is 0 Å². The topological polar surface area (TPSA) is 87.1 Å². The number of ether oxygens (including phenoxy) is 1. The average Bonchev–Trinajstić information content (AvgIpc) is 2.42. The SMILES string of the molecule is CC(C)(C)OC(=O)N1C[C@@H](O)[C@](C)(C(=O)O)C1. The van der Waals surface area contributed by atoms with Crippen molar-refractivity contribution in [2.45, 2.75) is 39.4 Å². The monoisotopic (exact) mass is 245 g/mol. The molecule has 17 heavy (non-hydrogen) atoms. The van der Waals surface area contributed by atoms with E-state index in [2.05, 4.69) is 0 Å². The van der Waals surface area contributed by atoms with Crippen LogP contribution in [0.2, 0.25) is 0 Å². The largest absolute Gasteiger partial charge is 0.481 e. The first kappa shape index (κ1) is 13.8. The molecular weight excluding hydrogens is 226 g/mol. The van der Waals surface area contributed by atoms with Gasteiger partial charge in [0.15, 0.2) is 0 Å². The van der Waals surface area contributed by atoms with Crippen molar-refractivity contribution in [2.24, 2.45) is 5.41 Å². The van der Waals surface area contributed by atoms with Crippen LogP contribution < -0.4 is 0 Å². The summed E-state index contributed by atoms with van der Waals surface area (Å²) in [5, 5.41) is 18.7. The number of aliphatic carboxylic acids is 1. The van der Waals surface area contributed by atoms with Crippen LogP contribution in [0.1, 0.15) is 27.7 Å². The zero-order valence-corrected chi connectivity index (χ0v) is 10.6. The maximum absolute atomic E-state index is 11.7. The molecular formula is C11H19NO5. The third-order valence-electron chi connectivity index (χ3n) is 2.79. The molecule has 98 valence electrons. The number of β-amino-alcohol motifs (C(OH)–C–C–N with tert-alkyl or cyclic N) is 1. The summed E-state index contributed by atoms with van der Waals surface area (Å²) in [5.74, 6) is -1.11. The van der Waals surface area contributed by atoms with E-state index in [0.29, 0.717) is 0 Å². The molecule has 0 aromatic rings. The van der Waals surface area contributed by atoms with Crippen LogP contribution in [0.15, 0.2) is 0 Å². The summed E-state index contributed by atoms with van der Waals surface area (Å²) in [6.45, 7) is 6.55. The van der Waals surface area contributed by atoms with E-state index < -0.39 is 29.2 Å². The minimum absolute atomic E-state index is 0.0162. The van der Waals surface area contributed by atoms with Crippen molar-refractivity contribution in [3.8, 4) is 0 Å². The van der Waals surface area contributed by atoms with Gasteiger partial charge in [-0.2, -0.15) is 0 Å². The van der Waals surface area contributed by atoms with Gasteiger partial charge in [0.25, 0.3) is 0 Å². The van der Waals surface area contributed by atoms with Crippen LogP contribution in [-0.4, -0.2) is 52.0 Å². The van der Waals surface area contributed by atoms with Gasteiger partial charge in [0.05, 0.1) is 12.6 Å². The summed E-state index contributed by atoms with van der Waals surface area (Å²) in [5.41, 5.74) is -1.96. The summed E-state index contributed by atoms with van der Waals surface area (Å²) in [6.07, 6.45) is -1.67. The van der Waals surface area contributed by atoms with Crippen molar-refractivity contribution in [3.63, 3.8) is 0 Å². The summed E-state index contributed by atoms with van der Waals surface area (Å²) >= 11 is 0. The van der Waals surface area contributed by atoms with E-state index in [1.165, 1.54) is 11.8 Å². The number of likely N-dealkylation sites (tertiary alicyclic amines) is 1. The van der Waals surface area contributed by atoms with Crippen LogP contribution in [0.3, 0.4) is 0 Å². The molecule has 0 aromatic carbocycles. The second-order valence-electron chi connectivity index (χ2n) is 5.60. The summed E-state index contributed by atoms with van der Waals surface area (Å²) in [7, 11) is 0. The lowest BCUT2D eigenvalue weighted by Crippen LogP contribution is -2.40. The number of hydrogen-bond donors (Lipinski definition) is 2. The quantitative estimate of drug-likeness (QED) is 0.709. The van der Waals surface area contributed by atoms with Crippen molar-refractivity contribution in [3.05, 3.63) is 0 Å². The molecule has 6 nitrogen and oxygen atoms in total. The first-order valence-electron chi connectivity index (χ1n) is 5.45. The second-order valence-corrected chi connectivity index (χ2v) is 5.60. The third-order valence-corrected chi connectivity index (χ3v) is 2.79. The summed E-state index contributed by atoms with van der Waals surface area (Å²) in [6, 6.07) is 0. The van der Waals surface area contributed by atoms with E-state index in [1.807, 2.05) is 0 Å². The van der Waals surface area contributed by atoms with Gasteiger partial charge in [-0.3, -0.25) is 4.79 Å². The van der Waals surface area contributed by atoms with Gasteiger partial charge >= 0.3 is 12.1 Å². The minimum atomic E-state index is -1.32. The number of nitrogens with zero attached hydrogens (tertiary/aromatic N) is 1. The highest BCUT2D eigenvalue weighted by molar-refractivity contribution is 5.78. The van der Waals surface area contributed by atoms with Gasteiger partial charge in [-0.05, 0) is 27.7 Å². The number of carboxylic acid groups (broad SMARTS) is 1. The molecule has 1 aliphatic rings. The molecule has 1 amide bonds. The van der Waals surface area contributed by atoms with E-state index in [9.17, 15) is 14.7 Å². The van der Waals surface area contributed by atoms with Crippen molar-refractivity contribution < 1.29 is 24.5 Å². The number of carbonyl (C=O) groups is 2. The molecule has 0 bridgehead atoms. The Morgan fingerprint density at radius 3 is 2.29 bits per heavy atom. The fraction of sp³-hybridized carbons (Fsp3) is 0.818. The Morgan fingerprint density at radius 2 is 1.94 bits per heavy atom. The van der Waals surface area contributed by atoms with Crippen LogP contribution in [0.5, 0.6) is 0 Å². The van der Waals surface area contributed by atoms with Gasteiger partial charge in [-0.25, -0.2) is 4.79 Å². The zero-order chi connectivity index (χ0) is 13.4. The van der Waals surface area contributed by atoms with Gasteiger partial charge in [0.2, 0.25) is 0 Å². The standard InChI is InChI=1S/C11H19NO5/c1-10(2,3)17-9(16)12-5-7(13)11(4,6-12)8(14)15/h7,13H,5-6H2,1-4H3,(H,14,15)/t7-,11-/m1/s1. The molecule has 0 saturated carbocycles. The van der Waals surface area contributed by atoms with Crippen molar-refractivity contribution in [1.82, 2.24) is 4.90 Å². The predicted molar refractivity (Wildman–Crippen MR) is 59.6 cm³/mol. The Kier molecular flexibility index (Phi) is 3.38. The Labute approximate surface area is 100 Å². The Morgan fingerprint density at radius 1 is 1.41 bits per heavy atom. The number of aliphatic hydroxyl groups is 1. The molecule has 2 N–H and O–H groups in total. The van der Waals surface area contributed by atoms with Crippen molar-refractivity contribution in [1.29, 1.82) is 0 Å². The molecule has 0 spiro atoms. The second kappa shape index (κ2) is 4.18. The highest BCUT2D eigenvalue weighted by atomic mass is 16.6. The van der Waals surface area contributed by atoms with Crippen LogP contribution in [0, 0.1) is 5.41 Å². The first-order chi connectivity index (χ1) is 7.56. The summed E-state index contributed by atoms with van der Waals surface area (Å²) < 4.78 is 5.13. The van der Waals surface area contributed by atoms with Crippen LogP contribution in [0.4, 0.5) is 4.79 Å². The molecule has 1 saturated heterocycles. The molecule has 2 atom stereocenters. The highest BCUT2D eigenvalue weighted by Gasteiger charge is 2.50. The Bertz CT molecular complexity index is 335. The van der Waals surface area contributed by atoms with Gasteiger partial charge in [0.1, 0.15) is 11.0 Å². The van der Waals surface area contributed by atoms with Crippen LogP contribution >= 0.6 is 0 Å². The molecule has 6 heteroatoms. The van der Waals surface area contributed by atoms with Gasteiger partial charge in [-0.1, -0.05) is 0 Å². The molecule has 0 unspecified atom stereocenters. The van der Waals surface area contributed by atoms with Gasteiger partial charge in [-0.15, -0.1) is 0 Å². The van der Waals surface area contributed by atoms with Crippen LogP contribution in [-0.2, 0) is 9.53 Å². The van der Waals surface area contributed by atoms with Crippen molar-refractivity contribution >= 4 is 12.1 Å². The smallest absolute Gasteiger partial charge is 0.410 e. The lowest BCUT2D eigenvalue weighted by molar-refractivity contribution is -0.151. The molecule has 0 aliphatic carbocycles. The lowest BCUT2D eigenvalue weighted by Gasteiger charge is -2.25. The third kappa shape index (κ3) is 2.88.